The number of sulfonamides is 1. The topological polar surface area (TPSA) is 93.0 Å². The summed E-state index contributed by atoms with van der Waals surface area (Å²) in [5.74, 6) is 0. The van der Waals surface area contributed by atoms with Crippen LogP contribution in [0.5, 0.6) is 0 Å². The summed E-state index contributed by atoms with van der Waals surface area (Å²) in [5, 5.41) is 3.91. The van der Waals surface area contributed by atoms with E-state index >= 15 is 0 Å². The maximum Gasteiger partial charge on any atom is 0.279 e. The molecule has 0 aliphatic carbocycles. The lowest BCUT2D eigenvalue weighted by molar-refractivity contribution is 0.145. The first-order valence-electron chi connectivity index (χ1n) is 3.47. The number of aromatic amines is 1. The predicted octanol–water partition coefficient (Wildman–Crippen LogP) is 0.613. The van der Waals surface area contributed by atoms with Crippen molar-refractivity contribution < 1.29 is 17.2 Å². The number of halogens is 3. The molecule has 3 N–H and O–H groups in total. The molecule has 0 bridgehead atoms. The molecule has 0 fully saturated rings. The van der Waals surface area contributed by atoms with Crippen molar-refractivity contribution in [2.45, 2.75) is 11.3 Å². The maximum atomic E-state index is 12.3. The Kier molecular flexibility index (Phi) is 3.12. The van der Waals surface area contributed by atoms with Crippen molar-refractivity contribution in [3.05, 3.63) is 27.1 Å². The van der Waals surface area contributed by atoms with Crippen LogP contribution in [0.1, 0.15) is 12.1 Å². The fourth-order valence-corrected chi connectivity index (χ4v) is 2.03. The minimum Gasteiger partial charge on any atom is -0.320 e. The molecule has 0 saturated heterocycles. The molecule has 1 heterocycles. The average molecular weight is 259 g/mol. The lowest BCUT2D eigenvalue weighted by atomic mass is 10.3. The second-order valence-corrected chi connectivity index (χ2v) is 4.48. The van der Waals surface area contributed by atoms with Gasteiger partial charge in [0.25, 0.3) is 6.43 Å². The zero-order chi connectivity index (χ0) is 11.8. The molecule has 84 valence electrons. The summed E-state index contributed by atoms with van der Waals surface area (Å²) in [6.45, 7) is 0. The van der Waals surface area contributed by atoms with E-state index in [4.69, 9.17) is 11.6 Å². The Morgan fingerprint density at radius 1 is 1.47 bits per heavy atom. The van der Waals surface area contributed by atoms with Crippen LogP contribution < -0.4 is 10.7 Å². The fourth-order valence-electron chi connectivity index (χ4n) is 0.896. The van der Waals surface area contributed by atoms with E-state index in [1.54, 1.807) is 4.98 Å². The van der Waals surface area contributed by atoms with E-state index in [0.29, 0.717) is 6.07 Å². The van der Waals surface area contributed by atoms with Gasteiger partial charge in [0.15, 0.2) is 0 Å². The van der Waals surface area contributed by atoms with Crippen LogP contribution in [0.3, 0.4) is 0 Å². The van der Waals surface area contributed by atoms with Crippen LogP contribution in [-0.2, 0) is 10.0 Å². The number of nitrogens with two attached hydrogens (primary N) is 1. The number of primary sulfonamides is 1. The average Bonchev–Trinajstić information content (AvgIpc) is 2.06. The van der Waals surface area contributed by atoms with Crippen molar-refractivity contribution in [1.82, 2.24) is 4.98 Å². The van der Waals surface area contributed by atoms with Gasteiger partial charge in [-0.05, 0) is 0 Å². The van der Waals surface area contributed by atoms with E-state index in [2.05, 4.69) is 5.14 Å². The molecule has 0 amide bonds. The lowest BCUT2D eigenvalue weighted by Gasteiger charge is -2.06. The third-order valence-corrected chi connectivity index (χ3v) is 2.95. The first-order valence-corrected chi connectivity index (χ1v) is 5.39. The molecular formula is C6H5ClF2N2O3S. The summed E-state index contributed by atoms with van der Waals surface area (Å²) in [6, 6.07) is 0.545. The van der Waals surface area contributed by atoms with Crippen LogP contribution in [-0.4, -0.2) is 13.4 Å². The number of H-pyrrole nitrogens is 1. The van der Waals surface area contributed by atoms with Crippen molar-refractivity contribution >= 4 is 21.6 Å². The first kappa shape index (κ1) is 12.1. The SMILES string of the molecule is NS(=O)(=O)c1cc(=O)[nH]c(C(F)F)c1Cl. The summed E-state index contributed by atoms with van der Waals surface area (Å²) < 4.78 is 46.3. The number of aromatic nitrogens is 1. The van der Waals surface area contributed by atoms with E-state index < -0.39 is 37.6 Å². The van der Waals surface area contributed by atoms with Gasteiger partial charge in [-0.1, -0.05) is 11.6 Å². The number of nitrogens with one attached hydrogen (secondary N) is 1. The molecule has 0 atom stereocenters. The molecule has 0 spiro atoms. The van der Waals surface area contributed by atoms with Gasteiger partial charge in [-0.2, -0.15) is 0 Å². The number of rotatable bonds is 2. The summed E-state index contributed by atoms with van der Waals surface area (Å²) in [7, 11) is -4.30. The molecule has 0 saturated carbocycles. The quantitative estimate of drug-likeness (QED) is 0.814. The van der Waals surface area contributed by atoms with Crippen molar-refractivity contribution in [1.29, 1.82) is 0 Å². The highest BCUT2D eigenvalue weighted by atomic mass is 35.5. The van der Waals surface area contributed by atoms with Crippen LogP contribution in [0.4, 0.5) is 8.78 Å². The minimum atomic E-state index is -4.30. The molecule has 0 unspecified atom stereocenters. The van der Waals surface area contributed by atoms with Crippen LogP contribution in [0.2, 0.25) is 5.02 Å². The van der Waals surface area contributed by atoms with Gasteiger partial charge in [0, 0.05) is 6.07 Å². The molecule has 1 aromatic heterocycles. The van der Waals surface area contributed by atoms with Crippen molar-refractivity contribution in [2.24, 2.45) is 5.14 Å². The third-order valence-electron chi connectivity index (χ3n) is 1.50. The Hall–Kier alpha value is -0.990. The smallest absolute Gasteiger partial charge is 0.279 e. The molecular weight excluding hydrogens is 254 g/mol. The number of hydrogen-bond acceptors (Lipinski definition) is 3. The van der Waals surface area contributed by atoms with Crippen LogP contribution >= 0.6 is 11.6 Å². The zero-order valence-corrected chi connectivity index (χ0v) is 8.57. The summed E-state index contributed by atoms with van der Waals surface area (Å²) >= 11 is 5.35. The second-order valence-electron chi connectivity index (χ2n) is 2.57. The van der Waals surface area contributed by atoms with Gasteiger partial charge in [-0.3, -0.25) is 4.79 Å². The number of alkyl halides is 2. The highest BCUT2D eigenvalue weighted by Crippen LogP contribution is 2.28. The molecule has 0 aliphatic rings. The Morgan fingerprint density at radius 3 is 2.40 bits per heavy atom. The van der Waals surface area contributed by atoms with E-state index in [-0.39, 0.29) is 0 Å². The largest absolute Gasteiger partial charge is 0.320 e. The van der Waals surface area contributed by atoms with Crippen LogP contribution in [0.25, 0.3) is 0 Å². The van der Waals surface area contributed by atoms with Crippen LogP contribution in [0.15, 0.2) is 15.8 Å². The molecule has 5 nitrogen and oxygen atoms in total. The molecule has 0 aromatic carbocycles. The van der Waals surface area contributed by atoms with Gasteiger partial charge in [-0.25, -0.2) is 22.3 Å². The van der Waals surface area contributed by atoms with Crippen molar-refractivity contribution in [3.63, 3.8) is 0 Å². The van der Waals surface area contributed by atoms with Gasteiger partial charge in [0.05, 0.1) is 5.02 Å². The minimum absolute atomic E-state index is 0.545. The fraction of sp³-hybridized carbons (Fsp3) is 0.167. The summed E-state index contributed by atoms with van der Waals surface area (Å²) in [4.78, 5) is 11.8. The Balaban J connectivity index is 3.64. The van der Waals surface area contributed by atoms with Crippen molar-refractivity contribution in [3.8, 4) is 0 Å². The van der Waals surface area contributed by atoms with Gasteiger partial charge < -0.3 is 4.98 Å². The Morgan fingerprint density at radius 2 is 2.00 bits per heavy atom. The van der Waals surface area contributed by atoms with Crippen LogP contribution in [0, 0.1) is 0 Å². The Labute approximate surface area is 87.9 Å². The normalized spacial score (nSPS) is 12.1. The zero-order valence-electron chi connectivity index (χ0n) is 7.00. The highest BCUT2D eigenvalue weighted by Gasteiger charge is 2.22. The standard InChI is InChI=1S/C6H5ClF2N2O3S/c7-4-2(15(10,13)14)1-3(12)11-5(4)6(8)9/h1,6H,(H,11,12)(H2,10,13,14). The third kappa shape index (κ3) is 2.52. The van der Waals surface area contributed by atoms with E-state index in [1.807, 2.05) is 0 Å². The Bertz CT molecular complexity index is 540. The molecule has 1 aromatic rings. The van der Waals surface area contributed by atoms with E-state index in [1.165, 1.54) is 0 Å². The van der Waals surface area contributed by atoms with Gasteiger partial charge >= 0.3 is 0 Å². The molecule has 0 aliphatic heterocycles. The molecule has 15 heavy (non-hydrogen) atoms. The highest BCUT2D eigenvalue weighted by molar-refractivity contribution is 7.89. The summed E-state index contributed by atoms with van der Waals surface area (Å²) in [6.07, 6.45) is -3.09. The molecule has 9 heteroatoms. The first-order chi connectivity index (χ1) is 6.73. The van der Waals surface area contributed by atoms with Gasteiger partial charge in [0.1, 0.15) is 10.6 Å². The second kappa shape index (κ2) is 3.87. The number of hydrogen-bond donors (Lipinski definition) is 2. The number of pyridine rings is 1. The van der Waals surface area contributed by atoms with E-state index in [9.17, 15) is 22.0 Å². The molecule has 0 radical (unpaired) electrons. The predicted molar refractivity (Wildman–Crippen MR) is 48.4 cm³/mol. The van der Waals surface area contributed by atoms with Crippen molar-refractivity contribution in [2.75, 3.05) is 0 Å². The molecule has 1 rings (SSSR count). The van der Waals surface area contributed by atoms with Gasteiger partial charge in [0.2, 0.25) is 15.6 Å². The van der Waals surface area contributed by atoms with Gasteiger partial charge in [-0.15, -0.1) is 0 Å². The summed E-state index contributed by atoms with van der Waals surface area (Å²) in [5.41, 5.74) is -1.98. The maximum absolute atomic E-state index is 12.3. The lowest BCUT2D eigenvalue weighted by Crippen LogP contribution is -2.19. The van der Waals surface area contributed by atoms with E-state index in [0.717, 1.165) is 0 Å². The monoisotopic (exact) mass is 258 g/mol.